The molecule has 0 saturated heterocycles. The molecule has 0 aromatic heterocycles. The van der Waals surface area contributed by atoms with E-state index in [4.69, 9.17) is 16.1 Å². The van der Waals surface area contributed by atoms with Gasteiger partial charge >= 0.3 is 0 Å². The second-order valence-electron chi connectivity index (χ2n) is 14.2. The summed E-state index contributed by atoms with van der Waals surface area (Å²) < 4.78 is 14.2. The molecule has 248 valence electrons. The van der Waals surface area contributed by atoms with Crippen LogP contribution in [-0.2, 0) is 4.79 Å². The first-order valence-corrected chi connectivity index (χ1v) is 15.7. The molecule has 0 radical (unpaired) electrons. The summed E-state index contributed by atoms with van der Waals surface area (Å²) in [7, 11) is 1.75. The van der Waals surface area contributed by atoms with E-state index in [0.29, 0.717) is 29.3 Å². The van der Waals surface area contributed by atoms with Crippen molar-refractivity contribution < 1.29 is 14.0 Å². The highest BCUT2D eigenvalue weighted by Crippen LogP contribution is 2.50. The van der Waals surface area contributed by atoms with Crippen molar-refractivity contribution in [1.29, 1.82) is 5.41 Å². The lowest BCUT2D eigenvalue weighted by molar-refractivity contribution is -0.134. The van der Waals surface area contributed by atoms with Crippen LogP contribution in [0.15, 0.2) is 53.5 Å². The highest BCUT2D eigenvalue weighted by Gasteiger charge is 2.52. The summed E-state index contributed by atoms with van der Waals surface area (Å²) in [5.74, 6) is 8.24. The zero-order valence-electron chi connectivity index (χ0n) is 28.1. The maximum atomic E-state index is 14.2. The Bertz CT molecular complexity index is 1300. The number of amides is 1. The average molecular weight is 624 g/mol. The first-order valence-electron chi connectivity index (χ1n) is 15.7. The van der Waals surface area contributed by atoms with E-state index in [-0.39, 0.29) is 34.4 Å². The SMILES string of the molecule is CC(C)(C)CCC(c1ccc(C=O)cc1)N1C(=O)C(c2cccc(F)c2)=NC12CCC(C(C)(C)C)CC2.CNCC(=N)N.NN. The third-order valence-electron chi connectivity index (χ3n) is 8.60. The third kappa shape index (κ3) is 10.3. The molecule has 1 spiro atoms. The summed E-state index contributed by atoms with van der Waals surface area (Å²) in [6.07, 6.45) is 6.11. The van der Waals surface area contributed by atoms with Crippen LogP contribution in [0.3, 0.4) is 0 Å². The Balaban J connectivity index is 0.000000790. The predicted molar refractivity (Wildman–Crippen MR) is 181 cm³/mol. The fraction of sp³-hybridized carbons (Fsp3) is 0.543. The number of likely N-dealkylation sites (N-methyl/N-ethyl adjacent to an activating group) is 1. The van der Waals surface area contributed by atoms with Crippen LogP contribution in [0.4, 0.5) is 4.39 Å². The van der Waals surface area contributed by atoms with E-state index in [9.17, 15) is 14.0 Å². The number of hydrazine groups is 1. The van der Waals surface area contributed by atoms with Crippen LogP contribution in [-0.4, -0.2) is 47.9 Å². The minimum absolute atomic E-state index is 0.0903. The molecule has 2 aromatic rings. The summed E-state index contributed by atoms with van der Waals surface area (Å²) >= 11 is 0. The molecule has 4 rings (SSSR count). The summed E-state index contributed by atoms with van der Waals surface area (Å²) in [6, 6.07) is 13.6. The van der Waals surface area contributed by atoms with Gasteiger partial charge in [-0.05, 0) is 80.0 Å². The summed E-state index contributed by atoms with van der Waals surface area (Å²) in [4.78, 5) is 32.8. The number of carbonyl (C=O) groups is 2. The number of benzene rings is 2. The van der Waals surface area contributed by atoms with Gasteiger partial charge < -0.3 is 16.0 Å². The zero-order chi connectivity index (χ0) is 34.0. The van der Waals surface area contributed by atoms with Crippen molar-refractivity contribution in [2.75, 3.05) is 13.6 Å². The maximum absolute atomic E-state index is 14.2. The lowest BCUT2D eigenvalue weighted by Crippen LogP contribution is -2.51. The number of amidine groups is 1. The molecule has 2 aliphatic rings. The zero-order valence-corrected chi connectivity index (χ0v) is 28.1. The molecular weight excluding hydrogens is 569 g/mol. The first-order chi connectivity index (χ1) is 21.1. The van der Waals surface area contributed by atoms with Crippen LogP contribution in [0.5, 0.6) is 0 Å². The first kappa shape index (κ1) is 37.7. The number of nitrogens with one attached hydrogen (secondary N) is 2. The standard InChI is InChI=1S/C32H41FN2O2.C3H9N3.H4N2/c1-30(2,3)17-16-27(23-12-10-22(21-36)11-13-23)35-29(37)28(24-8-7-9-26(33)20-24)34-32(35)18-14-25(15-19-32)31(4,5)6;1-6-2-3(4)5;1-2/h7-13,20-21,25,27H,14-19H2,1-6H3;6H,2H2,1H3,(H3,4,5);1-2H2. The van der Waals surface area contributed by atoms with Crippen LogP contribution in [0, 0.1) is 28.0 Å². The van der Waals surface area contributed by atoms with Gasteiger partial charge in [-0.3, -0.25) is 31.7 Å². The Morgan fingerprint density at radius 1 is 1.11 bits per heavy atom. The summed E-state index contributed by atoms with van der Waals surface area (Å²) in [5, 5.41) is 9.33. The van der Waals surface area contributed by atoms with Gasteiger partial charge in [0, 0.05) is 11.1 Å². The Morgan fingerprint density at radius 2 is 1.71 bits per heavy atom. The average Bonchev–Trinajstić information content (AvgIpc) is 3.25. The molecule has 1 amide bonds. The highest BCUT2D eigenvalue weighted by molar-refractivity contribution is 6.46. The number of aliphatic imine (C=N–C) groups is 1. The van der Waals surface area contributed by atoms with Crippen LogP contribution < -0.4 is 22.7 Å². The number of hydrogen-bond donors (Lipinski definition) is 5. The highest BCUT2D eigenvalue weighted by atomic mass is 19.1. The molecule has 9 nitrogen and oxygen atoms in total. The smallest absolute Gasteiger partial charge is 0.275 e. The van der Waals surface area contributed by atoms with Gasteiger partial charge in [0.05, 0.1) is 12.6 Å². The molecule has 2 aromatic carbocycles. The third-order valence-corrected chi connectivity index (χ3v) is 8.60. The second-order valence-corrected chi connectivity index (χ2v) is 14.2. The van der Waals surface area contributed by atoms with Crippen molar-refractivity contribution >= 4 is 23.7 Å². The molecule has 1 heterocycles. The van der Waals surface area contributed by atoms with Gasteiger partial charge in [-0.1, -0.05) is 77.9 Å². The number of hydrogen-bond acceptors (Lipinski definition) is 7. The molecule has 1 aliphatic heterocycles. The van der Waals surface area contributed by atoms with Crippen LogP contribution in [0.1, 0.15) is 108 Å². The minimum Gasteiger partial charge on any atom is -0.387 e. The van der Waals surface area contributed by atoms with Crippen LogP contribution in [0.2, 0.25) is 0 Å². The number of nitrogens with two attached hydrogens (primary N) is 3. The van der Waals surface area contributed by atoms with E-state index in [2.05, 4.69) is 58.5 Å². The van der Waals surface area contributed by atoms with Crippen molar-refractivity contribution in [2.45, 2.75) is 91.8 Å². The normalized spacial score (nSPS) is 20.4. The Labute approximate surface area is 268 Å². The maximum Gasteiger partial charge on any atom is 0.275 e. The minimum atomic E-state index is -0.646. The monoisotopic (exact) mass is 623 g/mol. The van der Waals surface area contributed by atoms with Gasteiger partial charge in [-0.15, -0.1) is 0 Å². The van der Waals surface area contributed by atoms with E-state index < -0.39 is 5.66 Å². The summed E-state index contributed by atoms with van der Waals surface area (Å²) in [6.45, 7) is 14.0. The molecular formula is C35H54FN7O2. The van der Waals surface area contributed by atoms with Gasteiger partial charge in [-0.2, -0.15) is 0 Å². The van der Waals surface area contributed by atoms with E-state index in [0.717, 1.165) is 50.4 Å². The van der Waals surface area contributed by atoms with Crippen molar-refractivity contribution in [1.82, 2.24) is 10.2 Å². The lowest BCUT2D eigenvalue weighted by Gasteiger charge is -2.47. The van der Waals surface area contributed by atoms with Crippen LogP contribution >= 0.6 is 0 Å². The number of halogens is 1. The Morgan fingerprint density at radius 3 is 2.16 bits per heavy atom. The van der Waals surface area contributed by atoms with Gasteiger partial charge in [-0.25, -0.2) is 4.39 Å². The van der Waals surface area contributed by atoms with E-state index >= 15 is 0 Å². The van der Waals surface area contributed by atoms with Crippen molar-refractivity contribution in [2.24, 2.45) is 39.2 Å². The summed E-state index contributed by atoms with van der Waals surface area (Å²) in [5.41, 5.74) is 7.08. The topological polar surface area (TPSA) is 164 Å². The fourth-order valence-corrected chi connectivity index (χ4v) is 6.17. The second kappa shape index (κ2) is 16.2. The van der Waals surface area contributed by atoms with Crippen molar-refractivity contribution in [3.8, 4) is 0 Å². The lowest BCUT2D eigenvalue weighted by atomic mass is 9.69. The molecule has 1 aliphatic carbocycles. The van der Waals surface area contributed by atoms with Gasteiger partial charge in [0.1, 0.15) is 29.3 Å². The molecule has 8 N–H and O–H groups in total. The van der Waals surface area contributed by atoms with Crippen molar-refractivity contribution in [3.63, 3.8) is 0 Å². The largest absolute Gasteiger partial charge is 0.387 e. The number of nitrogens with zero attached hydrogens (tertiary/aromatic N) is 2. The number of rotatable bonds is 8. The predicted octanol–water partition coefficient (Wildman–Crippen LogP) is 5.73. The fourth-order valence-electron chi connectivity index (χ4n) is 6.17. The number of carbonyl (C=O) groups excluding carboxylic acids is 2. The van der Waals surface area contributed by atoms with Crippen molar-refractivity contribution in [3.05, 3.63) is 71.0 Å². The van der Waals surface area contributed by atoms with E-state index in [1.54, 1.807) is 19.2 Å². The molecule has 10 heteroatoms. The molecule has 1 saturated carbocycles. The molecule has 45 heavy (non-hydrogen) atoms. The molecule has 1 atom stereocenters. The van der Waals surface area contributed by atoms with Gasteiger partial charge in [0.15, 0.2) is 0 Å². The molecule has 0 bridgehead atoms. The van der Waals surface area contributed by atoms with E-state index in [1.165, 1.54) is 12.1 Å². The Kier molecular flexibility index (Phi) is 13.6. The molecule has 1 fully saturated rings. The number of aldehydes is 1. The van der Waals surface area contributed by atoms with Gasteiger partial charge in [0.2, 0.25) is 0 Å². The van der Waals surface area contributed by atoms with E-state index in [1.807, 2.05) is 29.2 Å². The van der Waals surface area contributed by atoms with Gasteiger partial charge in [0.25, 0.3) is 5.91 Å². The molecule has 1 unspecified atom stereocenters. The van der Waals surface area contributed by atoms with Crippen LogP contribution in [0.25, 0.3) is 0 Å². The quantitative estimate of drug-likeness (QED) is 0.0829. The Hall–Kier alpha value is -3.47.